The van der Waals surface area contributed by atoms with Gasteiger partial charge in [-0.3, -0.25) is 4.79 Å². The molecule has 1 aromatic carbocycles. The summed E-state index contributed by atoms with van der Waals surface area (Å²) in [4.78, 5) is 11.5. The Balaban J connectivity index is 2.43. The van der Waals surface area contributed by atoms with Crippen molar-refractivity contribution in [2.45, 2.75) is 65.6 Å². The lowest BCUT2D eigenvalue weighted by molar-refractivity contribution is -0.135. The second kappa shape index (κ2) is 5.16. The number of carbonyl (C=O) groups excluding carboxylic acids is 1. The first kappa shape index (κ1) is 16.1. The van der Waals surface area contributed by atoms with Gasteiger partial charge in [-0.1, -0.05) is 20.8 Å². The highest BCUT2D eigenvalue weighted by Gasteiger charge is 2.39. The van der Waals surface area contributed by atoms with E-state index in [-0.39, 0.29) is 11.0 Å². The zero-order chi connectivity index (χ0) is 16.0. The Labute approximate surface area is 128 Å². The summed E-state index contributed by atoms with van der Waals surface area (Å²) in [7, 11) is -1.87. The first-order valence-corrected chi connectivity index (χ1v) is 10.5. The molecule has 1 heterocycles. The van der Waals surface area contributed by atoms with Gasteiger partial charge < -0.3 is 9.16 Å². The van der Waals surface area contributed by atoms with E-state index in [0.717, 1.165) is 34.6 Å². The van der Waals surface area contributed by atoms with Gasteiger partial charge in [-0.05, 0) is 61.2 Å². The molecule has 0 aliphatic carbocycles. The molecular formula is C17H26O3Si. The predicted molar refractivity (Wildman–Crippen MR) is 87.7 cm³/mol. The number of ether oxygens (including phenoxy) is 1. The first-order chi connectivity index (χ1) is 9.53. The van der Waals surface area contributed by atoms with Gasteiger partial charge in [0.15, 0.2) is 0 Å². The van der Waals surface area contributed by atoms with Crippen LogP contribution >= 0.6 is 0 Å². The van der Waals surface area contributed by atoms with Crippen molar-refractivity contribution >= 4 is 14.3 Å². The van der Waals surface area contributed by atoms with E-state index in [9.17, 15) is 4.79 Å². The SMILES string of the molecule is Cc1c(O[Si](C)(C)C(C)(C)C)cc2c(c1C)OC(=O)CC2. The molecule has 0 fully saturated rings. The van der Waals surface area contributed by atoms with Crippen molar-refractivity contribution in [2.75, 3.05) is 0 Å². The highest BCUT2D eigenvalue weighted by molar-refractivity contribution is 6.74. The third kappa shape index (κ3) is 3.00. The van der Waals surface area contributed by atoms with Crippen LogP contribution in [-0.2, 0) is 11.2 Å². The number of aryl methyl sites for hydroxylation is 1. The van der Waals surface area contributed by atoms with Crippen molar-refractivity contribution in [3.63, 3.8) is 0 Å². The van der Waals surface area contributed by atoms with Crippen molar-refractivity contribution in [1.29, 1.82) is 0 Å². The number of carbonyl (C=O) groups is 1. The molecule has 1 aliphatic heterocycles. The molecule has 0 amide bonds. The standard InChI is InChI=1S/C17H26O3Si/c1-11-12(2)16-13(8-9-15(18)19-16)10-14(11)20-21(6,7)17(3,4)5/h10H,8-9H2,1-7H3. The molecule has 0 unspecified atom stereocenters. The number of rotatable bonds is 2. The maximum Gasteiger partial charge on any atom is 0.311 e. The van der Waals surface area contributed by atoms with Crippen LogP contribution in [0.3, 0.4) is 0 Å². The largest absolute Gasteiger partial charge is 0.543 e. The van der Waals surface area contributed by atoms with Gasteiger partial charge in [0, 0.05) is 0 Å². The van der Waals surface area contributed by atoms with Crippen LogP contribution in [0.4, 0.5) is 0 Å². The van der Waals surface area contributed by atoms with Crippen LogP contribution in [0.15, 0.2) is 6.07 Å². The average Bonchev–Trinajstić information content (AvgIpc) is 2.35. The third-order valence-corrected chi connectivity index (χ3v) is 9.20. The van der Waals surface area contributed by atoms with Gasteiger partial charge in [0.05, 0.1) is 6.42 Å². The van der Waals surface area contributed by atoms with Crippen LogP contribution in [0, 0.1) is 13.8 Å². The van der Waals surface area contributed by atoms with E-state index in [4.69, 9.17) is 9.16 Å². The predicted octanol–water partition coefficient (Wildman–Crippen LogP) is 4.54. The lowest BCUT2D eigenvalue weighted by Gasteiger charge is -2.37. The van der Waals surface area contributed by atoms with Crippen molar-refractivity contribution in [2.24, 2.45) is 0 Å². The number of hydrogen-bond donors (Lipinski definition) is 0. The zero-order valence-corrected chi connectivity index (χ0v) is 15.2. The molecule has 0 radical (unpaired) electrons. The Morgan fingerprint density at radius 1 is 1.14 bits per heavy atom. The molecule has 0 saturated carbocycles. The second-order valence-corrected chi connectivity index (χ2v) is 12.2. The summed E-state index contributed by atoms with van der Waals surface area (Å²) in [5, 5.41) is 0.162. The molecule has 116 valence electrons. The zero-order valence-electron chi connectivity index (χ0n) is 14.2. The fourth-order valence-electron chi connectivity index (χ4n) is 2.19. The summed E-state index contributed by atoms with van der Waals surface area (Å²) in [6, 6.07) is 2.07. The van der Waals surface area contributed by atoms with Gasteiger partial charge in [0.25, 0.3) is 0 Å². The third-order valence-electron chi connectivity index (χ3n) is 4.86. The topological polar surface area (TPSA) is 35.5 Å². The van der Waals surface area contributed by atoms with Crippen molar-refractivity contribution in [1.82, 2.24) is 0 Å². The Kier molecular flexibility index (Phi) is 3.95. The van der Waals surface area contributed by atoms with Crippen molar-refractivity contribution < 1.29 is 14.0 Å². The number of fused-ring (bicyclic) bond motifs is 1. The van der Waals surface area contributed by atoms with Gasteiger partial charge in [-0.25, -0.2) is 0 Å². The molecule has 0 saturated heterocycles. The Morgan fingerprint density at radius 3 is 2.33 bits per heavy atom. The molecule has 1 aliphatic rings. The molecule has 0 atom stereocenters. The lowest BCUT2D eigenvalue weighted by Crippen LogP contribution is -2.44. The second-order valence-electron chi connectivity index (χ2n) is 7.45. The van der Waals surface area contributed by atoms with Crippen LogP contribution in [-0.4, -0.2) is 14.3 Å². The number of benzene rings is 1. The number of hydrogen-bond acceptors (Lipinski definition) is 3. The summed E-state index contributed by atoms with van der Waals surface area (Å²) in [6.07, 6.45) is 1.19. The lowest BCUT2D eigenvalue weighted by atomic mass is 9.98. The first-order valence-electron chi connectivity index (χ1n) is 7.56. The van der Waals surface area contributed by atoms with E-state index in [1.54, 1.807) is 0 Å². The van der Waals surface area contributed by atoms with E-state index < -0.39 is 8.32 Å². The minimum Gasteiger partial charge on any atom is -0.543 e. The molecule has 1 aromatic rings. The van der Waals surface area contributed by atoms with E-state index in [1.165, 1.54) is 0 Å². The molecule has 3 nitrogen and oxygen atoms in total. The summed E-state index contributed by atoms with van der Waals surface area (Å²) in [5.41, 5.74) is 3.19. The summed E-state index contributed by atoms with van der Waals surface area (Å²) in [5.74, 6) is 1.56. The van der Waals surface area contributed by atoms with Crippen LogP contribution in [0.5, 0.6) is 11.5 Å². The van der Waals surface area contributed by atoms with Gasteiger partial charge in [-0.15, -0.1) is 0 Å². The van der Waals surface area contributed by atoms with E-state index in [1.807, 2.05) is 13.8 Å². The number of esters is 1. The quantitative estimate of drug-likeness (QED) is 0.457. The van der Waals surface area contributed by atoms with E-state index in [0.29, 0.717) is 6.42 Å². The molecule has 0 aromatic heterocycles. The van der Waals surface area contributed by atoms with Crippen molar-refractivity contribution in [3.8, 4) is 11.5 Å². The Bertz CT molecular complexity index is 583. The molecule has 0 N–H and O–H groups in total. The van der Waals surface area contributed by atoms with Gasteiger partial charge in [0.1, 0.15) is 11.5 Å². The summed E-state index contributed by atoms with van der Waals surface area (Å²) >= 11 is 0. The van der Waals surface area contributed by atoms with Gasteiger partial charge in [-0.2, -0.15) is 0 Å². The molecule has 0 spiro atoms. The average molecular weight is 306 g/mol. The smallest absolute Gasteiger partial charge is 0.311 e. The van der Waals surface area contributed by atoms with E-state index >= 15 is 0 Å². The fraction of sp³-hybridized carbons (Fsp3) is 0.588. The van der Waals surface area contributed by atoms with E-state index in [2.05, 4.69) is 39.9 Å². The highest BCUT2D eigenvalue weighted by Crippen LogP contribution is 2.41. The molecule has 21 heavy (non-hydrogen) atoms. The maximum atomic E-state index is 11.5. The molecule has 4 heteroatoms. The maximum absolute atomic E-state index is 11.5. The van der Waals surface area contributed by atoms with Gasteiger partial charge in [0.2, 0.25) is 8.32 Å². The van der Waals surface area contributed by atoms with Crippen LogP contribution in [0.1, 0.15) is 43.9 Å². The monoisotopic (exact) mass is 306 g/mol. The van der Waals surface area contributed by atoms with Crippen LogP contribution < -0.4 is 9.16 Å². The molecule has 2 rings (SSSR count). The Hall–Kier alpha value is -1.29. The normalized spacial score (nSPS) is 15.5. The Morgan fingerprint density at radius 2 is 1.76 bits per heavy atom. The fourth-order valence-corrected chi connectivity index (χ4v) is 3.26. The molecule has 0 bridgehead atoms. The van der Waals surface area contributed by atoms with Gasteiger partial charge >= 0.3 is 5.97 Å². The van der Waals surface area contributed by atoms with Crippen LogP contribution in [0.25, 0.3) is 0 Å². The molecular weight excluding hydrogens is 280 g/mol. The summed E-state index contributed by atoms with van der Waals surface area (Å²) < 4.78 is 11.9. The minimum atomic E-state index is -1.87. The summed E-state index contributed by atoms with van der Waals surface area (Å²) in [6.45, 7) is 15.3. The minimum absolute atomic E-state index is 0.136. The van der Waals surface area contributed by atoms with Crippen molar-refractivity contribution in [3.05, 3.63) is 22.8 Å². The van der Waals surface area contributed by atoms with Crippen LogP contribution in [0.2, 0.25) is 18.1 Å². The highest BCUT2D eigenvalue weighted by atomic mass is 28.4.